The summed E-state index contributed by atoms with van der Waals surface area (Å²) in [6.07, 6.45) is 0. The van der Waals surface area contributed by atoms with Gasteiger partial charge in [-0.25, -0.2) is 0 Å². The molecule has 1 aliphatic heterocycles. The van der Waals surface area contributed by atoms with E-state index in [4.69, 9.17) is 16.9 Å². The molecule has 0 atom stereocenters. The van der Waals surface area contributed by atoms with E-state index < -0.39 is 0 Å². The lowest BCUT2D eigenvalue weighted by Gasteiger charge is -1.86. The summed E-state index contributed by atoms with van der Waals surface area (Å²) in [6.45, 7) is 0. The number of nitrogens with one attached hydrogen (secondary N) is 1. The molecule has 0 aromatic heterocycles. The fraction of sp³-hybridized carbons (Fsp3) is 0. The summed E-state index contributed by atoms with van der Waals surface area (Å²) in [4.78, 5) is 0. The van der Waals surface area contributed by atoms with Crippen LogP contribution in [0.5, 0.6) is 0 Å². The molecule has 42 valence electrons. The maximum Gasteiger partial charge on any atom is 0.175 e. The van der Waals surface area contributed by atoms with Crippen molar-refractivity contribution in [2.45, 2.75) is 0 Å². The van der Waals surface area contributed by atoms with Crippen molar-refractivity contribution in [3.63, 3.8) is 0 Å². The molecule has 5 nitrogen and oxygen atoms in total. The van der Waals surface area contributed by atoms with Gasteiger partial charge in [0, 0.05) is 0 Å². The van der Waals surface area contributed by atoms with E-state index in [0.717, 1.165) is 0 Å². The van der Waals surface area contributed by atoms with Gasteiger partial charge in [-0.15, -0.1) is 10.2 Å². The number of rotatable bonds is 0. The van der Waals surface area contributed by atoms with Crippen LogP contribution in [0.15, 0.2) is 10.2 Å². The third-order valence-electron chi connectivity index (χ3n) is 0.778. The Kier molecular flexibility index (Phi) is 0.768. The molecule has 1 heterocycles. The molecule has 0 bridgehead atoms. The van der Waals surface area contributed by atoms with Gasteiger partial charge < -0.3 is 11.5 Å². The Bertz CT molecular complexity index is 168. The van der Waals surface area contributed by atoms with E-state index in [1.54, 1.807) is 0 Å². The van der Waals surface area contributed by atoms with Crippen molar-refractivity contribution in [2.24, 2.45) is 21.7 Å². The van der Waals surface area contributed by atoms with Crippen LogP contribution >= 0.6 is 0 Å². The minimum Gasteiger partial charge on any atom is -0.380 e. The Hall–Kier alpha value is -1.39. The Morgan fingerprint density at radius 2 is 1.50 bits per heavy atom. The minimum atomic E-state index is 0.0185. The Morgan fingerprint density at radius 1 is 1.12 bits per heavy atom. The standard InChI is InChI=1S/C3H5N5/c4-1-2(5)7-8-3(1)6/h(H5,4,5,6,7,8). The lowest BCUT2D eigenvalue weighted by Crippen LogP contribution is -2.30. The van der Waals surface area contributed by atoms with Gasteiger partial charge in [-0.2, -0.15) is 0 Å². The first kappa shape index (κ1) is 4.76. The lowest BCUT2D eigenvalue weighted by atomic mass is 10.3. The molecule has 0 aliphatic carbocycles. The average molecular weight is 111 g/mol. The highest BCUT2D eigenvalue weighted by atomic mass is 15.3. The Balaban J connectivity index is 2.92. The molecule has 0 aromatic rings. The molecular formula is C3H5N5. The zero-order chi connectivity index (χ0) is 6.15. The first-order chi connectivity index (χ1) is 3.72. The van der Waals surface area contributed by atoms with E-state index in [2.05, 4.69) is 10.2 Å². The van der Waals surface area contributed by atoms with Gasteiger partial charge in [0.15, 0.2) is 11.7 Å². The molecule has 0 amide bonds. The van der Waals surface area contributed by atoms with Gasteiger partial charge >= 0.3 is 0 Å². The molecule has 0 saturated heterocycles. The first-order valence-electron chi connectivity index (χ1n) is 1.97. The van der Waals surface area contributed by atoms with Gasteiger partial charge in [0.1, 0.15) is 5.71 Å². The van der Waals surface area contributed by atoms with Crippen molar-refractivity contribution < 1.29 is 0 Å². The number of hydrogen-bond donors (Lipinski definition) is 3. The van der Waals surface area contributed by atoms with Crippen LogP contribution in [-0.2, 0) is 0 Å². The average Bonchev–Trinajstić information content (AvgIpc) is 1.98. The van der Waals surface area contributed by atoms with Crippen molar-refractivity contribution >= 4 is 17.4 Å². The summed E-state index contributed by atoms with van der Waals surface area (Å²) in [5.41, 5.74) is 10.2. The summed E-state index contributed by atoms with van der Waals surface area (Å²) in [5.74, 6) is 0.171. The van der Waals surface area contributed by atoms with Gasteiger partial charge in [-0.05, 0) is 0 Å². The van der Waals surface area contributed by atoms with Crippen LogP contribution in [0.25, 0.3) is 0 Å². The molecule has 0 radical (unpaired) electrons. The molecule has 5 heteroatoms. The van der Waals surface area contributed by atoms with Crippen LogP contribution in [0.2, 0.25) is 0 Å². The van der Waals surface area contributed by atoms with Crippen LogP contribution in [0, 0.1) is 5.41 Å². The van der Waals surface area contributed by atoms with Crippen LogP contribution in [0.3, 0.4) is 0 Å². The van der Waals surface area contributed by atoms with E-state index >= 15 is 0 Å². The van der Waals surface area contributed by atoms with Crippen LogP contribution < -0.4 is 11.5 Å². The van der Waals surface area contributed by atoms with Crippen molar-refractivity contribution in [1.82, 2.24) is 0 Å². The van der Waals surface area contributed by atoms with E-state index in [0.29, 0.717) is 0 Å². The van der Waals surface area contributed by atoms with Crippen molar-refractivity contribution in [3.8, 4) is 0 Å². The molecule has 0 fully saturated rings. The van der Waals surface area contributed by atoms with Gasteiger partial charge in [0.05, 0.1) is 0 Å². The highest BCUT2D eigenvalue weighted by Gasteiger charge is 2.12. The molecule has 5 N–H and O–H groups in total. The van der Waals surface area contributed by atoms with Gasteiger partial charge in [0.2, 0.25) is 0 Å². The molecule has 0 unspecified atom stereocenters. The Morgan fingerprint density at radius 3 is 1.62 bits per heavy atom. The molecule has 0 saturated carbocycles. The maximum absolute atomic E-state index is 6.95. The molecule has 1 aliphatic rings. The second-order valence-corrected chi connectivity index (χ2v) is 1.35. The summed E-state index contributed by atoms with van der Waals surface area (Å²) < 4.78 is 0. The highest BCUT2D eigenvalue weighted by Crippen LogP contribution is 1.87. The van der Waals surface area contributed by atoms with E-state index in [1.807, 2.05) is 0 Å². The van der Waals surface area contributed by atoms with Gasteiger partial charge in [-0.1, -0.05) is 0 Å². The second-order valence-electron chi connectivity index (χ2n) is 1.35. The van der Waals surface area contributed by atoms with Crippen molar-refractivity contribution in [3.05, 3.63) is 0 Å². The molecule has 0 spiro atoms. The Labute approximate surface area is 45.6 Å². The SMILES string of the molecule is N=C1C(N)=NN=C1N. The maximum atomic E-state index is 6.95. The normalized spacial score (nSPS) is 18.2. The van der Waals surface area contributed by atoms with Gasteiger partial charge in [-0.3, -0.25) is 5.41 Å². The smallest absolute Gasteiger partial charge is 0.175 e. The van der Waals surface area contributed by atoms with E-state index in [-0.39, 0.29) is 17.4 Å². The van der Waals surface area contributed by atoms with Crippen LogP contribution in [-0.4, -0.2) is 17.4 Å². The summed E-state index contributed by atoms with van der Waals surface area (Å²) in [7, 11) is 0. The molecular weight excluding hydrogens is 106 g/mol. The quantitative estimate of drug-likeness (QED) is 0.360. The zero-order valence-corrected chi connectivity index (χ0v) is 4.05. The number of amidine groups is 2. The van der Waals surface area contributed by atoms with E-state index in [1.165, 1.54) is 0 Å². The lowest BCUT2D eigenvalue weighted by molar-refractivity contribution is 1.25. The second kappa shape index (κ2) is 1.29. The highest BCUT2D eigenvalue weighted by molar-refractivity contribution is 6.67. The number of nitrogens with zero attached hydrogens (tertiary/aromatic N) is 2. The van der Waals surface area contributed by atoms with Crippen molar-refractivity contribution in [1.29, 1.82) is 5.41 Å². The van der Waals surface area contributed by atoms with Crippen LogP contribution in [0.1, 0.15) is 0 Å². The fourth-order valence-electron chi connectivity index (χ4n) is 0.339. The van der Waals surface area contributed by atoms with Crippen molar-refractivity contribution in [2.75, 3.05) is 0 Å². The predicted octanol–water partition coefficient (Wildman–Crippen LogP) is -1.35. The van der Waals surface area contributed by atoms with E-state index in [9.17, 15) is 0 Å². The molecule has 0 aromatic carbocycles. The number of hydrogen-bond acceptors (Lipinski definition) is 5. The van der Waals surface area contributed by atoms with Gasteiger partial charge in [0.25, 0.3) is 0 Å². The minimum absolute atomic E-state index is 0.0185. The summed E-state index contributed by atoms with van der Waals surface area (Å²) in [5, 5.41) is 13.6. The third kappa shape index (κ3) is 0.446. The third-order valence-corrected chi connectivity index (χ3v) is 0.778. The summed E-state index contributed by atoms with van der Waals surface area (Å²) in [6, 6.07) is 0. The largest absolute Gasteiger partial charge is 0.380 e. The fourth-order valence-corrected chi connectivity index (χ4v) is 0.339. The topological polar surface area (TPSA) is 101 Å². The van der Waals surface area contributed by atoms with Crippen LogP contribution in [0.4, 0.5) is 0 Å². The predicted molar refractivity (Wildman–Crippen MR) is 31.0 cm³/mol. The zero-order valence-electron chi connectivity index (χ0n) is 4.05. The monoisotopic (exact) mass is 111 g/mol. The molecule has 8 heavy (non-hydrogen) atoms. The molecule has 1 rings (SSSR count). The summed E-state index contributed by atoms with van der Waals surface area (Å²) >= 11 is 0. The first-order valence-corrected chi connectivity index (χ1v) is 1.97. The number of nitrogens with two attached hydrogens (primary N) is 2.